The number of hydrogen-bond donors (Lipinski definition) is 1. The van der Waals surface area contributed by atoms with Gasteiger partial charge in [-0.3, -0.25) is 0 Å². The summed E-state index contributed by atoms with van der Waals surface area (Å²) >= 11 is 0. The van der Waals surface area contributed by atoms with E-state index in [-0.39, 0.29) is 0 Å². The average molecular weight is 216 g/mol. The predicted molar refractivity (Wildman–Crippen MR) is 69.4 cm³/mol. The van der Waals surface area contributed by atoms with E-state index in [0.29, 0.717) is 12.6 Å². The van der Waals surface area contributed by atoms with Crippen LogP contribution in [0.25, 0.3) is 10.9 Å². The van der Waals surface area contributed by atoms with Gasteiger partial charge in [0.15, 0.2) is 0 Å². The smallest absolute Gasteiger partial charge is 0.0528 e. The van der Waals surface area contributed by atoms with Crippen molar-refractivity contribution in [3.05, 3.63) is 36.0 Å². The van der Waals surface area contributed by atoms with Crippen molar-refractivity contribution in [2.75, 3.05) is 0 Å². The van der Waals surface area contributed by atoms with Gasteiger partial charge < -0.3 is 10.3 Å². The van der Waals surface area contributed by atoms with Crippen molar-refractivity contribution in [3.8, 4) is 0 Å². The zero-order chi connectivity index (χ0) is 11.5. The Morgan fingerprint density at radius 2 is 2.12 bits per heavy atom. The van der Waals surface area contributed by atoms with E-state index < -0.39 is 0 Å². The maximum Gasteiger partial charge on any atom is 0.0528 e. The largest absolute Gasteiger partial charge is 0.344 e. The molecular formula is C14H20N2. The van der Waals surface area contributed by atoms with Crippen LogP contribution in [0.5, 0.6) is 0 Å². The Morgan fingerprint density at radius 1 is 1.31 bits per heavy atom. The van der Waals surface area contributed by atoms with E-state index in [1.54, 1.807) is 0 Å². The van der Waals surface area contributed by atoms with Crippen LogP contribution in [-0.2, 0) is 6.54 Å². The van der Waals surface area contributed by atoms with Gasteiger partial charge in [0.05, 0.1) is 5.52 Å². The van der Waals surface area contributed by atoms with Crippen LogP contribution >= 0.6 is 0 Å². The average Bonchev–Trinajstić information content (AvgIpc) is 2.72. The second-order valence-electron chi connectivity index (χ2n) is 4.42. The summed E-state index contributed by atoms with van der Waals surface area (Å²) in [6.45, 7) is 5.11. The van der Waals surface area contributed by atoms with Crippen LogP contribution in [0.3, 0.4) is 0 Å². The summed E-state index contributed by atoms with van der Waals surface area (Å²) in [6.07, 6.45) is 4.61. The van der Waals surface area contributed by atoms with Gasteiger partial charge in [-0.15, -0.1) is 0 Å². The number of nitrogens with zero attached hydrogens (tertiary/aromatic N) is 1. The molecule has 0 fully saturated rings. The van der Waals surface area contributed by atoms with Crippen molar-refractivity contribution >= 4 is 10.9 Å². The maximum absolute atomic E-state index is 5.80. The fourth-order valence-electron chi connectivity index (χ4n) is 2.38. The highest BCUT2D eigenvalue weighted by Gasteiger charge is 2.09. The normalized spacial score (nSPS) is 13.2. The van der Waals surface area contributed by atoms with E-state index in [4.69, 9.17) is 5.73 Å². The van der Waals surface area contributed by atoms with Gasteiger partial charge in [-0.05, 0) is 30.4 Å². The molecule has 86 valence electrons. The van der Waals surface area contributed by atoms with Crippen molar-refractivity contribution in [2.24, 2.45) is 5.73 Å². The Labute approximate surface area is 97.1 Å². The van der Waals surface area contributed by atoms with Gasteiger partial charge >= 0.3 is 0 Å². The van der Waals surface area contributed by atoms with Gasteiger partial charge in [0.2, 0.25) is 0 Å². The Morgan fingerprint density at radius 3 is 2.81 bits per heavy atom. The third-order valence-corrected chi connectivity index (χ3v) is 3.22. The van der Waals surface area contributed by atoms with Crippen LogP contribution in [0.2, 0.25) is 0 Å². The first-order chi connectivity index (χ1) is 7.77. The third-order valence-electron chi connectivity index (χ3n) is 3.22. The molecule has 1 aromatic carbocycles. The molecule has 2 nitrogen and oxygen atoms in total. The number of hydrogen-bond acceptors (Lipinski definition) is 1. The van der Waals surface area contributed by atoms with E-state index in [2.05, 4.69) is 48.9 Å². The topological polar surface area (TPSA) is 30.9 Å². The lowest BCUT2D eigenvalue weighted by Crippen LogP contribution is -2.06. The molecule has 1 heterocycles. The first kappa shape index (κ1) is 11.2. The van der Waals surface area contributed by atoms with Crippen LogP contribution in [0.4, 0.5) is 0 Å². The molecule has 2 heteroatoms. The van der Waals surface area contributed by atoms with Gasteiger partial charge in [-0.2, -0.15) is 0 Å². The lowest BCUT2D eigenvalue weighted by Gasteiger charge is -2.16. The first-order valence-electron chi connectivity index (χ1n) is 6.06. The zero-order valence-electron chi connectivity index (χ0n) is 10.1. The molecular weight excluding hydrogens is 196 g/mol. The summed E-state index contributed by atoms with van der Waals surface area (Å²) in [5.74, 6) is 0. The molecule has 0 radical (unpaired) electrons. The molecule has 1 aromatic heterocycles. The molecule has 2 aromatic rings. The highest BCUT2D eigenvalue weighted by molar-refractivity contribution is 5.83. The summed E-state index contributed by atoms with van der Waals surface area (Å²) in [4.78, 5) is 0. The molecule has 0 bridgehead atoms. The van der Waals surface area contributed by atoms with Gasteiger partial charge in [-0.25, -0.2) is 0 Å². The van der Waals surface area contributed by atoms with E-state index >= 15 is 0 Å². The number of para-hydroxylation sites is 1. The highest BCUT2D eigenvalue weighted by atomic mass is 15.0. The fourth-order valence-corrected chi connectivity index (χ4v) is 2.38. The molecule has 1 unspecified atom stereocenters. The second kappa shape index (κ2) is 4.71. The molecule has 0 amide bonds. The summed E-state index contributed by atoms with van der Waals surface area (Å²) in [6, 6.07) is 9.09. The number of aromatic nitrogens is 1. The minimum Gasteiger partial charge on any atom is -0.344 e. The Hall–Kier alpha value is -1.28. The van der Waals surface area contributed by atoms with Crippen molar-refractivity contribution in [2.45, 2.75) is 39.3 Å². The molecule has 0 saturated heterocycles. The van der Waals surface area contributed by atoms with Crippen LogP contribution in [-0.4, -0.2) is 4.57 Å². The molecule has 0 spiro atoms. The molecule has 0 aliphatic carbocycles. The third kappa shape index (κ3) is 1.85. The lowest BCUT2D eigenvalue weighted by molar-refractivity contribution is 0.514. The minimum absolute atomic E-state index is 0.551. The van der Waals surface area contributed by atoms with Crippen LogP contribution in [0.15, 0.2) is 30.5 Å². The van der Waals surface area contributed by atoms with Gasteiger partial charge in [-0.1, -0.05) is 31.5 Å². The zero-order valence-corrected chi connectivity index (χ0v) is 10.1. The molecule has 1 atom stereocenters. The fraction of sp³-hybridized carbons (Fsp3) is 0.429. The first-order valence-corrected chi connectivity index (χ1v) is 6.06. The Balaban J connectivity index is 2.53. The summed E-state index contributed by atoms with van der Waals surface area (Å²) in [5, 5.41) is 1.30. The summed E-state index contributed by atoms with van der Waals surface area (Å²) in [5.41, 5.74) is 8.36. The summed E-state index contributed by atoms with van der Waals surface area (Å²) in [7, 11) is 0. The standard InChI is InChI=1S/C14H20N2/c1-3-5-11(2)16-9-8-12-6-4-7-13(10-15)14(12)16/h4,6-9,11H,3,5,10,15H2,1-2H3. The van der Waals surface area contributed by atoms with Crippen molar-refractivity contribution in [3.63, 3.8) is 0 Å². The van der Waals surface area contributed by atoms with Crippen LogP contribution in [0.1, 0.15) is 38.3 Å². The van der Waals surface area contributed by atoms with Crippen LogP contribution in [0, 0.1) is 0 Å². The monoisotopic (exact) mass is 216 g/mol. The van der Waals surface area contributed by atoms with Crippen molar-refractivity contribution in [1.29, 1.82) is 0 Å². The quantitative estimate of drug-likeness (QED) is 0.833. The minimum atomic E-state index is 0.551. The number of rotatable bonds is 4. The predicted octanol–water partition coefficient (Wildman–Crippen LogP) is 3.46. The maximum atomic E-state index is 5.80. The molecule has 0 aliphatic heterocycles. The van der Waals surface area contributed by atoms with Crippen molar-refractivity contribution < 1.29 is 0 Å². The van der Waals surface area contributed by atoms with E-state index in [1.165, 1.54) is 29.3 Å². The van der Waals surface area contributed by atoms with E-state index in [9.17, 15) is 0 Å². The molecule has 2 rings (SSSR count). The second-order valence-corrected chi connectivity index (χ2v) is 4.42. The molecule has 16 heavy (non-hydrogen) atoms. The Bertz CT molecular complexity index is 471. The molecule has 0 aliphatic rings. The Kier molecular flexibility index (Phi) is 3.30. The van der Waals surface area contributed by atoms with E-state index in [1.807, 2.05) is 0 Å². The lowest BCUT2D eigenvalue weighted by atomic mass is 10.1. The van der Waals surface area contributed by atoms with Crippen LogP contribution < -0.4 is 5.73 Å². The van der Waals surface area contributed by atoms with Crippen molar-refractivity contribution in [1.82, 2.24) is 4.57 Å². The highest BCUT2D eigenvalue weighted by Crippen LogP contribution is 2.25. The number of fused-ring (bicyclic) bond motifs is 1. The molecule has 2 N–H and O–H groups in total. The number of benzene rings is 1. The SMILES string of the molecule is CCCC(C)n1ccc2cccc(CN)c21. The summed E-state index contributed by atoms with van der Waals surface area (Å²) < 4.78 is 2.36. The van der Waals surface area contributed by atoms with E-state index in [0.717, 1.165) is 0 Å². The van der Waals surface area contributed by atoms with Gasteiger partial charge in [0.25, 0.3) is 0 Å². The van der Waals surface area contributed by atoms with Gasteiger partial charge in [0, 0.05) is 18.8 Å². The van der Waals surface area contributed by atoms with Gasteiger partial charge in [0.1, 0.15) is 0 Å². The number of nitrogens with two attached hydrogens (primary N) is 1. The molecule has 0 saturated carbocycles.